The van der Waals surface area contributed by atoms with Crippen LogP contribution in [-0.4, -0.2) is 31.6 Å². The zero-order valence-corrected chi connectivity index (χ0v) is 10.6. The van der Waals surface area contributed by atoms with Gasteiger partial charge in [-0.2, -0.15) is 0 Å². The Morgan fingerprint density at radius 2 is 1.94 bits per heavy atom. The van der Waals surface area contributed by atoms with Crippen molar-refractivity contribution in [3.63, 3.8) is 0 Å². The van der Waals surface area contributed by atoms with Crippen LogP contribution in [-0.2, 0) is 19.0 Å². The molecule has 1 heterocycles. The molecule has 0 bridgehead atoms. The standard InChI is InChI=1S/C13H22O4/c1-2-15-12(14)4-3-11-5-7-13(8-6-11)16-9-10-17-13/h11H,2-10H2,1H3. The predicted octanol–water partition coefficient (Wildman–Crippen LogP) is 2.26. The van der Waals surface area contributed by atoms with Crippen LogP contribution in [0.4, 0.5) is 0 Å². The van der Waals surface area contributed by atoms with Crippen LogP contribution < -0.4 is 0 Å². The van der Waals surface area contributed by atoms with Crippen molar-refractivity contribution in [2.45, 2.75) is 51.2 Å². The van der Waals surface area contributed by atoms with Gasteiger partial charge in [0.15, 0.2) is 5.79 Å². The van der Waals surface area contributed by atoms with Crippen molar-refractivity contribution in [2.75, 3.05) is 19.8 Å². The van der Waals surface area contributed by atoms with Crippen molar-refractivity contribution < 1.29 is 19.0 Å². The first-order chi connectivity index (χ1) is 8.24. The summed E-state index contributed by atoms with van der Waals surface area (Å²) in [5.74, 6) is 0.277. The van der Waals surface area contributed by atoms with E-state index in [0.29, 0.717) is 18.9 Å². The Hall–Kier alpha value is -0.610. The molecule has 1 aliphatic heterocycles. The Kier molecular flexibility index (Phi) is 4.40. The van der Waals surface area contributed by atoms with Crippen molar-refractivity contribution >= 4 is 5.97 Å². The fraction of sp³-hybridized carbons (Fsp3) is 0.923. The molecule has 0 aromatic rings. The third kappa shape index (κ3) is 3.42. The smallest absolute Gasteiger partial charge is 0.305 e. The highest BCUT2D eigenvalue weighted by molar-refractivity contribution is 5.69. The molecule has 2 rings (SSSR count). The lowest BCUT2D eigenvalue weighted by Gasteiger charge is -2.35. The van der Waals surface area contributed by atoms with E-state index in [2.05, 4.69) is 0 Å². The first kappa shape index (κ1) is 12.8. The third-order valence-electron chi connectivity index (χ3n) is 3.74. The number of esters is 1. The molecule has 0 unspecified atom stereocenters. The molecule has 0 aromatic carbocycles. The van der Waals surface area contributed by atoms with E-state index in [-0.39, 0.29) is 11.8 Å². The molecule has 2 fully saturated rings. The molecule has 0 radical (unpaired) electrons. The second-order valence-electron chi connectivity index (χ2n) is 4.89. The van der Waals surface area contributed by atoms with Crippen molar-refractivity contribution in [2.24, 2.45) is 5.92 Å². The molecule has 1 saturated carbocycles. The quantitative estimate of drug-likeness (QED) is 0.709. The number of rotatable bonds is 4. The molecule has 0 atom stereocenters. The lowest BCUT2D eigenvalue weighted by Crippen LogP contribution is -2.35. The van der Waals surface area contributed by atoms with Gasteiger partial charge < -0.3 is 14.2 Å². The molecule has 0 N–H and O–H groups in total. The number of hydrogen-bond acceptors (Lipinski definition) is 4. The zero-order valence-electron chi connectivity index (χ0n) is 10.6. The summed E-state index contributed by atoms with van der Waals surface area (Å²) < 4.78 is 16.3. The van der Waals surface area contributed by atoms with Crippen LogP contribution in [0, 0.1) is 5.92 Å². The monoisotopic (exact) mass is 242 g/mol. The van der Waals surface area contributed by atoms with Crippen LogP contribution in [0.3, 0.4) is 0 Å². The lowest BCUT2D eigenvalue weighted by molar-refractivity contribution is -0.182. The molecule has 0 aromatic heterocycles. The van der Waals surface area contributed by atoms with Gasteiger partial charge in [-0.25, -0.2) is 0 Å². The summed E-state index contributed by atoms with van der Waals surface area (Å²) in [5.41, 5.74) is 0. The summed E-state index contributed by atoms with van der Waals surface area (Å²) in [6.45, 7) is 3.78. The van der Waals surface area contributed by atoms with Crippen LogP contribution in [0.1, 0.15) is 45.4 Å². The first-order valence-corrected chi connectivity index (χ1v) is 6.68. The van der Waals surface area contributed by atoms with Crippen molar-refractivity contribution in [1.82, 2.24) is 0 Å². The molecular weight excluding hydrogens is 220 g/mol. The van der Waals surface area contributed by atoms with Crippen LogP contribution in [0.15, 0.2) is 0 Å². The van der Waals surface area contributed by atoms with Crippen LogP contribution >= 0.6 is 0 Å². The Labute approximate surface area is 103 Å². The maximum atomic E-state index is 11.3. The van der Waals surface area contributed by atoms with E-state index in [4.69, 9.17) is 14.2 Å². The van der Waals surface area contributed by atoms with Gasteiger partial charge in [0.25, 0.3) is 0 Å². The summed E-state index contributed by atoms with van der Waals surface area (Å²) in [6, 6.07) is 0. The summed E-state index contributed by atoms with van der Waals surface area (Å²) in [7, 11) is 0. The Balaban J connectivity index is 1.67. The molecule has 1 aliphatic carbocycles. The van der Waals surface area contributed by atoms with E-state index in [9.17, 15) is 4.79 Å². The minimum atomic E-state index is -0.277. The second kappa shape index (κ2) is 5.83. The van der Waals surface area contributed by atoms with Gasteiger partial charge >= 0.3 is 5.97 Å². The van der Waals surface area contributed by atoms with Gasteiger partial charge in [0.05, 0.1) is 19.8 Å². The second-order valence-corrected chi connectivity index (χ2v) is 4.89. The summed E-state index contributed by atoms with van der Waals surface area (Å²) in [4.78, 5) is 11.3. The maximum Gasteiger partial charge on any atom is 0.305 e. The predicted molar refractivity (Wildman–Crippen MR) is 62.5 cm³/mol. The summed E-state index contributed by atoms with van der Waals surface area (Å²) in [6.07, 6.45) is 5.63. The minimum absolute atomic E-state index is 0.0684. The number of hydrogen-bond donors (Lipinski definition) is 0. The minimum Gasteiger partial charge on any atom is -0.466 e. The molecule has 98 valence electrons. The van der Waals surface area contributed by atoms with Crippen LogP contribution in [0.25, 0.3) is 0 Å². The Bertz CT molecular complexity index is 248. The van der Waals surface area contributed by atoms with E-state index in [1.807, 2.05) is 6.92 Å². The summed E-state index contributed by atoms with van der Waals surface area (Å²) >= 11 is 0. The SMILES string of the molecule is CCOC(=O)CCC1CCC2(CC1)OCCO2. The van der Waals surface area contributed by atoms with E-state index >= 15 is 0 Å². The van der Waals surface area contributed by atoms with E-state index in [0.717, 1.165) is 45.3 Å². The molecule has 1 spiro atoms. The topological polar surface area (TPSA) is 44.8 Å². The fourth-order valence-corrected chi connectivity index (χ4v) is 2.75. The number of ether oxygens (including phenoxy) is 3. The Morgan fingerprint density at radius 1 is 1.29 bits per heavy atom. The Morgan fingerprint density at radius 3 is 2.53 bits per heavy atom. The number of carbonyl (C=O) groups is 1. The molecule has 2 aliphatic rings. The first-order valence-electron chi connectivity index (χ1n) is 6.68. The van der Waals surface area contributed by atoms with Crippen molar-refractivity contribution in [3.8, 4) is 0 Å². The van der Waals surface area contributed by atoms with Gasteiger partial charge in [0.2, 0.25) is 0 Å². The highest BCUT2D eigenvalue weighted by atomic mass is 16.7. The zero-order chi connectivity index (χ0) is 12.1. The molecule has 0 amide bonds. The van der Waals surface area contributed by atoms with Gasteiger partial charge in [-0.15, -0.1) is 0 Å². The largest absolute Gasteiger partial charge is 0.466 e. The molecule has 4 nitrogen and oxygen atoms in total. The normalized spacial score (nSPS) is 24.1. The van der Waals surface area contributed by atoms with Gasteiger partial charge in [-0.1, -0.05) is 0 Å². The number of carbonyl (C=O) groups excluding carboxylic acids is 1. The molecular formula is C13H22O4. The third-order valence-corrected chi connectivity index (χ3v) is 3.74. The average molecular weight is 242 g/mol. The van der Waals surface area contributed by atoms with E-state index in [1.54, 1.807) is 0 Å². The molecule has 17 heavy (non-hydrogen) atoms. The highest BCUT2D eigenvalue weighted by Crippen LogP contribution is 2.39. The van der Waals surface area contributed by atoms with Crippen LogP contribution in [0.2, 0.25) is 0 Å². The van der Waals surface area contributed by atoms with E-state index < -0.39 is 0 Å². The van der Waals surface area contributed by atoms with Gasteiger partial charge in [-0.05, 0) is 32.1 Å². The summed E-state index contributed by atoms with van der Waals surface area (Å²) in [5, 5.41) is 0. The molecule has 1 saturated heterocycles. The van der Waals surface area contributed by atoms with Crippen molar-refractivity contribution in [3.05, 3.63) is 0 Å². The van der Waals surface area contributed by atoms with E-state index in [1.165, 1.54) is 0 Å². The van der Waals surface area contributed by atoms with Gasteiger partial charge in [0, 0.05) is 19.3 Å². The van der Waals surface area contributed by atoms with Crippen molar-refractivity contribution in [1.29, 1.82) is 0 Å². The average Bonchev–Trinajstić information content (AvgIpc) is 2.78. The van der Waals surface area contributed by atoms with Crippen LogP contribution in [0.5, 0.6) is 0 Å². The van der Waals surface area contributed by atoms with Gasteiger partial charge in [0.1, 0.15) is 0 Å². The molecule has 4 heteroatoms. The maximum absolute atomic E-state index is 11.3. The van der Waals surface area contributed by atoms with Gasteiger partial charge in [-0.3, -0.25) is 4.79 Å². The highest BCUT2D eigenvalue weighted by Gasteiger charge is 2.40. The fourth-order valence-electron chi connectivity index (χ4n) is 2.75. The lowest BCUT2D eigenvalue weighted by atomic mass is 9.82.